The van der Waals surface area contributed by atoms with Crippen LogP contribution in [0.4, 0.5) is 0 Å². The van der Waals surface area contributed by atoms with Gasteiger partial charge in [0, 0.05) is 34.6 Å². The molecule has 4 aromatic carbocycles. The molecule has 2 aliphatic carbocycles. The number of phenols is 2. The molecule has 5 aliphatic rings. The second-order valence-corrected chi connectivity index (χ2v) is 13.2. The molecule has 3 heterocycles. The molecule has 4 N–H and O–H groups in total. The first-order valence-corrected chi connectivity index (χ1v) is 16.3. The zero-order valence-electron chi connectivity index (χ0n) is 25.9. The van der Waals surface area contributed by atoms with Crippen LogP contribution in [0.25, 0.3) is 23.3 Å². The van der Waals surface area contributed by atoms with Gasteiger partial charge in [-0.3, -0.25) is 4.99 Å². The Morgan fingerprint density at radius 3 is 2.62 bits per heavy atom. The Morgan fingerprint density at radius 1 is 0.915 bits per heavy atom. The average Bonchev–Trinajstić information content (AvgIpc) is 3.57. The van der Waals surface area contributed by atoms with E-state index in [1.165, 1.54) is 12.7 Å². The first-order valence-electron chi connectivity index (χ1n) is 16.3. The number of allylic oxidation sites excluding steroid dienone is 1. The Morgan fingerprint density at radius 2 is 1.77 bits per heavy atom. The highest BCUT2D eigenvalue weighted by molar-refractivity contribution is 5.88. The van der Waals surface area contributed by atoms with Crippen molar-refractivity contribution >= 4 is 12.2 Å². The molecule has 0 bridgehead atoms. The second kappa shape index (κ2) is 10.6. The summed E-state index contributed by atoms with van der Waals surface area (Å²) in [7, 11) is 1.50. The summed E-state index contributed by atoms with van der Waals surface area (Å²) >= 11 is 0. The number of nitrogens with zero attached hydrogens (tertiary/aromatic N) is 1. The van der Waals surface area contributed by atoms with Gasteiger partial charge in [0.25, 0.3) is 0 Å². The number of ether oxygens (including phenoxy) is 3. The highest BCUT2D eigenvalue weighted by Crippen LogP contribution is 2.59. The van der Waals surface area contributed by atoms with Crippen molar-refractivity contribution < 1.29 is 34.6 Å². The van der Waals surface area contributed by atoms with Gasteiger partial charge in [0.05, 0.1) is 31.7 Å². The maximum atomic E-state index is 11.7. The van der Waals surface area contributed by atoms with E-state index in [9.17, 15) is 20.4 Å². The number of benzene rings is 4. The maximum Gasteiger partial charge on any atom is 0.160 e. The van der Waals surface area contributed by atoms with E-state index in [1.54, 1.807) is 24.3 Å². The molecular formula is C39H35NO7. The Hall–Kier alpha value is -4.79. The van der Waals surface area contributed by atoms with Gasteiger partial charge in [-0.25, -0.2) is 0 Å². The Labute approximate surface area is 271 Å². The lowest BCUT2D eigenvalue weighted by Gasteiger charge is -2.42. The molecule has 0 spiro atoms. The minimum atomic E-state index is -0.844. The van der Waals surface area contributed by atoms with Crippen LogP contribution in [0.3, 0.4) is 0 Å². The number of aromatic hydroxyl groups is 2. The molecule has 0 radical (unpaired) electrons. The van der Waals surface area contributed by atoms with E-state index in [-0.39, 0.29) is 36.0 Å². The van der Waals surface area contributed by atoms with Crippen LogP contribution in [0, 0.1) is 0 Å². The van der Waals surface area contributed by atoms with Gasteiger partial charge in [0.2, 0.25) is 0 Å². The van der Waals surface area contributed by atoms with E-state index in [1.807, 2.05) is 12.1 Å². The van der Waals surface area contributed by atoms with Crippen molar-refractivity contribution in [3.8, 4) is 39.9 Å². The van der Waals surface area contributed by atoms with Crippen LogP contribution in [0.2, 0.25) is 0 Å². The molecule has 5 atom stereocenters. The van der Waals surface area contributed by atoms with Gasteiger partial charge in [-0.1, -0.05) is 36.4 Å². The van der Waals surface area contributed by atoms with Gasteiger partial charge >= 0.3 is 0 Å². The monoisotopic (exact) mass is 629 g/mol. The van der Waals surface area contributed by atoms with Crippen molar-refractivity contribution in [3.05, 3.63) is 104 Å². The SMILES string of the molecule is COc1cc([C@H]2Oc3c(c4c(c5c3CC[C@H](CO)O5)-c3ccc(O)c5c3[C@H](C4)[C@@H](c3ccc4c(c3)=CCN=4)C=C5)C[C@H]2O)ccc1O. The molecule has 4 aromatic rings. The third kappa shape index (κ3) is 4.24. The molecule has 8 heteroatoms. The number of hydrogen-bond donors (Lipinski definition) is 4. The van der Waals surface area contributed by atoms with E-state index in [2.05, 4.69) is 35.3 Å². The summed E-state index contributed by atoms with van der Waals surface area (Å²) in [6, 6.07) is 15.3. The number of hydrogen-bond acceptors (Lipinski definition) is 8. The number of phenolic OH excluding ortho intramolecular Hbond substituents is 2. The first kappa shape index (κ1) is 28.4. The molecule has 0 fully saturated rings. The summed E-state index contributed by atoms with van der Waals surface area (Å²) < 4.78 is 18.7. The highest BCUT2D eigenvalue weighted by atomic mass is 16.5. The maximum absolute atomic E-state index is 11.7. The van der Waals surface area contributed by atoms with E-state index < -0.39 is 12.2 Å². The van der Waals surface area contributed by atoms with Gasteiger partial charge in [0.15, 0.2) is 11.5 Å². The van der Waals surface area contributed by atoms with Crippen LogP contribution in [0.5, 0.6) is 28.7 Å². The van der Waals surface area contributed by atoms with Gasteiger partial charge in [-0.2, -0.15) is 0 Å². The lowest BCUT2D eigenvalue weighted by molar-refractivity contribution is 0.0181. The van der Waals surface area contributed by atoms with Crippen LogP contribution >= 0.6 is 0 Å². The quantitative estimate of drug-likeness (QED) is 0.265. The van der Waals surface area contributed by atoms with Crippen LogP contribution < -0.4 is 24.8 Å². The minimum Gasteiger partial charge on any atom is -0.507 e. The molecule has 8 nitrogen and oxygen atoms in total. The topological polar surface area (TPSA) is 121 Å². The van der Waals surface area contributed by atoms with Gasteiger partial charge in [-0.15, -0.1) is 0 Å². The van der Waals surface area contributed by atoms with Crippen LogP contribution in [-0.2, 0) is 19.3 Å². The molecule has 9 rings (SSSR count). The summed E-state index contributed by atoms with van der Waals surface area (Å²) in [5.41, 5.74) is 8.81. The Kier molecular flexibility index (Phi) is 6.42. The van der Waals surface area contributed by atoms with Crippen molar-refractivity contribution in [1.29, 1.82) is 0 Å². The van der Waals surface area contributed by atoms with Crippen molar-refractivity contribution in [2.24, 2.45) is 4.99 Å². The molecule has 0 saturated heterocycles. The second-order valence-electron chi connectivity index (χ2n) is 13.2. The van der Waals surface area contributed by atoms with Crippen LogP contribution in [-0.4, -0.2) is 52.9 Å². The summed E-state index contributed by atoms with van der Waals surface area (Å²) in [6.45, 7) is 0.604. The van der Waals surface area contributed by atoms with Crippen molar-refractivity contribution in [2.45, 2.75) is 55.8 Å². The lowest BCUT2D eigenvalue weighted by Crippen LogP contribution is -2.35. The van der Waals surface area contributed by atoms with Crippen molar-refractivity contribution in [1.82, 2.24) is 0 Å². The first-order chi connectivity index (χ1) is 22.9. The standard InChI is InChI=1S/C39H35NO7/c1-45-34-15-21(3-10-32(34)43)37-33(44)17-29-28-16-27-23(19-2-9-30-20(14-19)12-13-40-30)6-7-24-31(42)11-8-25(35(24)27)36(28)39-26(38(29)47-37)5-4-22(18-41)46-39/h2-3,6-12,14-15,22-23,27,33,37,41-44H,4-5,13,16-18H2,1H3/t22-,23-,27-,33-,37-/m1/s1. The van der Waals surface area contributed by atoms with Crippen LogP contribution in [0.15, 0.2) is 59.6 Å². The van der Waals surface area contributed by atoms with Crippen molar-refractivity contribution in [2.75, 3.05) is 20.3 Å². The molecule has 0 saturated carbocycles. The largest absolute Gasteiger partial charge is 0.507 e. The Balaban J connectivity index is 1.24. The fraction of sp³-hybridized carbons (Fsp3) is 0.308. The molecule has 3 aliphatic heterocycles. The average molecular weight is 630 g/mol. The summed E-state index contributed by atoms with van der Waals surface area (Å²) in [6.07, 6.45) is 6.88. The third-order valence-corrected chi connectivity index (χ3v) is 10.7. The van der Waals surface area contributed by atoms with Gasteiger partial charge < -0.3 is 34.6 Å². The van der Waals surface area contributed by atoms with E-state index in [0.717, 1.165) is 55.3 Å². The number of aliphatic hydroxyl groups excluding tert-OH is 2. The highest BCUT2D eigenvalue weighted by Gasteiger charge is 2.43. The molecule has 0 unspecified atom stereocenters. The fourth-order valence-corrected chi connectivity index (χ4v) is 8.48. The Bertz CT molecular complexity index is 2140. The molecule has 0 amide bonds. The smallest absolute Gasteiger partial charge is 0.160 e. The van der Waals surface area contributed by atoms with Gasteiger partial charge in [0.1, 0.15) is 29.5 Å². The van der Waals surface area contributed by atoms with Crippen LogP contribution in [0.1, 0.15) is 63.3 Å². The van der Waals surface area contributed by atoms with E-state index in [4.69, 9.17) is 14.2 Å². The number of aliphatic hydroxyl groups is 2. The van der Waals surface area contributed by atoms with E-state index in [0.29, 0.717) is 49.3 Å². The molecule has 238 valence electrons. The predicted octanol–water partition coefficient (Wildman–Crippen LogP) is 4.36. The number of fused-ring (bicyclic) bond motifs is 8. The summed E-state index contributed by atoms with van der Waals surface area (Å²) in [4.78, 5) is 4.58. The third-order valence-electron chi connectivity index (χ3n) is 10.7. The number of rotatable bonds is 4. The minimum absolute atomic E-state index is 0.0210. The molecule has 0 aromatic heterocycles. The zero-order valence-corrected chi connectivity index (χ0v) is 25.9. The molecular weight excluding hydrogens is 594 g/mol. The summed E-state index contributed by atoms with van der Waals surface area (Å²) in [5, 5.41) is 45.3. The predicted molar refractivity (Wildman–Crippen MR) is 176 cm³/mol. The van der Waals surface area contributed by atoms with Gasteiger partial charge in [-0.05, 0) is 88.5 Å². The lowest BCUT2D eigenvalue weighted by atomic mass is 9.65. The zero-order chi connectivity index (χ0) is 32.0. The molecule has 47 heavy (non-hydrogen) atoms. The van der Waals surface area contributed by atoms with Crippen molar-refractivity contribution in [3.63, 3.8) is 0 Å². The fourth-order valence-electron chi connectivity index (χ4n) is 8.48. The van der Waals surface area contributed by atoms with E-state index >= 15 is 0 Å². The normalized spacial score (nSPS) is 24.3. The number of methoxy groups -OCH3 is 1. The summed E-state index contributed by atoms with van der Waals surface area (Å²) in [5.74, 6) is 2.12.